The van der Waals surface area contributed by atoms with E-state index in [2.05, 4.69) is 13.8 Å². The molecule has 128 valence electrons. The molecule has 0 aliphatic carbocycles. The molecule has 0 saturated carbocycles. The highest BCUT2D eigenvalue weighted by Crippen LogP contribution is 2.22. The predicted molar refractivity (Wildman–Crippen MR) is 91.1 cm³/mol. The lowest BCUT2D eigenvalue weighted by molar-refractivity contribution is 0.0489. The van der Waals surface area contributed by atoms with Crippen molar-refractivity contribution in [2.24, 2.45) is 5.92 Å². The van der Waals surface area contributed by atoms with E-state index < -0.39 is 11.9 Å². The minimum atomic E-state index is -1.07. The second-order valence-electron chi connectivity index (χ2n) is 6.35. The third kappa shape index (κ3) is 5.70. The van der Waals surface area contributed by atoms with Gasteiger partial charge in [0.25, 0.3) is 0 Å². The van der Waals surface area contributed by atoms with Crippen LogP contribution in [0.1, 0.15) is 78.3 Å². The SMILES string of the molecule is CCCCOC(=O)c1ccc(CCCC(C)C)c(C)c1C(=O)O. The molecule has 0 atom stereocenters. The summed E-state index contributed by atoms with van der Waals surface area (Å²) in [7, 11) is 0. The lowest BCUT2D eigenvalue weighted by Crippen LogP contribution is -2.15. The molecule has 0 aromatic heterocycles. The summed E-state index contributed by atoms with van der Waals surface area (Å²) in [5, 5.41) is 9.50. The van der Waals surface area contributed by atoms with Gasteiger partial charge in [-0.05, 0) is 49.3 Å². The maximum absolute atomic E-state index is 12.1. The number of aromatic carboxylic acids is 1. The smallest absolute Gasteiger partial charge is 0.339 e. The van der Waals surface area contributed by atoms with Gasteiger partial charge in [-0.2, -0.15) is 0 Å². The second kappa shape index (κ2) is 9.33. The molecular weight excluding hydrogens is 292 g/mol. The summed E-state index contributed by atoms with van der Waals surface area (Å²) in [6.45, 7) is 8.45. The van der Waals surface area contributed by atoms with Crippen LogP contribution in [0.4, 0.5) is 0 Å². The van der Waals surface area contributed by atoms with Crippen LogP contribution >= 0.6 is 0 Å². The second-order valence-corrected chi connectivity index (χ2v) is 6.35. The van der Waals surface area contributed by atoms with Crippen molar-refractivity contribution >= 4 is 11.9 Å². The molecule has 0 aliphatic heterocycles. The Kier molecular flexibility index (Phi) is 7.79. The largest absolute Gasteiger partial charge is 0.478 e. The van der Waals surface area contributed by atoms with Gasteiger partial charge in [0.1, 0.15) is 0 Å². The lowest BCUT2D eigenvalue weighted by atomic mass is 9.93. The number of carboxylic acid groups (broad SMARTS) is 1. The molecule has 1 aromatic rings. The van der Waals surface area contributed by atoms with Gasteiger partial charge in [0.15, 0.2) is 0 Å². The summed E-state index contributed by atoms with van der Waals surface area (Å²) in [5.74, 6) is -0.995. The first-order valence-electron chi connectivity index (χ1n) is 8.41. The van der Waals surface area contributed by atoms with Crippen LogP contribution in [-0.2, 0) is 11.2 Å². The van der Waals surface area contributed by atoms with Crippen molar-refractivity contribution < 1.29 is 19.4 Å². The molecule has 0 amide bonds. The van der Waals surface area contributed by atoms with Crippen molar-refractivity contribution in [1.82, 2.24) is 0 Å². The van der Waals surface area contributed by atoms with Crippen molar-refractivity contribution in [3.05, 3.63) is 34.4 Å². The number of aryl methyl sites for hydroxylation is 1. The maximum Gasteiger partial charge on any atom is 0.339 e. The van der Waals surface area contributed by atoms with Gasteiger partial charge in [-0.15, -0.1) is 0 Å². The van der Waals surface area contributed by atoms with E-state index in [0.29, 0.717) is 18.1 Å². The van der Waals surface area contributed by atoms with E-state index in [1.807, 2.05) is 13.0 Å². The predicted octanol–water partition coefficient (Wildman–Crippen LogP) is 4.63. The Hall–Kier alpha value is -1.84. The van der Waals surface area contributed by atoms with Crippen LogP contribution in [0.5, 0.6) is 0 Å². The zero-order chi connectivity index (χ0) is 17.4. The third-order valence-corrected chi connectivity index (χ3v) is 3.97. The topological polar surface area (TPSA) is 63.6 Å². The number of carbonyl (C=O) groups is 2. The molecule has 0 unspecified atom stereocenters. The van der Waals surface area contributed by atoms with E-state index in [9.17, 15) is 14.7 Å². The van der Waals surface area contributed by atoms with E-state index in [-0.39, 0.29) is 11.1 Å². The summed E-state index contributed by atoms with van der Waals surface area (Å²) >= 11 is 0. The van der Waals surface area contributed by atoms with Crippen LogP contribution < -0.4 is 0 Å². The molecule has 0 fully saturated rings. The summed E-state index contributed by atoms with van der Waals surface area (Å²) < 4.78 is 5.16. The average Bonchev–Trinajstić information content (AvgIpc) is 2.48. The Labute approximate surface area is 138 Å². The average molecular weight is 320 g/mol. The fourth-order valence-corrected chi connectivity index (χ4v) is 2.56. The van der Waals surface area contributed by atoms with E-state index in [0.717, 1.165) is 37.7 Å². The zero-order valence-corrected chi connectivity index (χ0v) is 14.6. The first-order chi connectivity index (χ1) is 10.9. The molecule has 0 aliphatic rings. The highest BCUT2D eigenvalue weighted by Gasteiger charge is 2.21. The molecule has 4 heteroatoms. The molecular formula is C19H28O4. The Balaban J connectivity index is 2.98. The molecule has 1 N–H and O–H groups in total. The van der Waals surface area contributed by atoms with Gasteiger partial charge in [-0.1, -0.05) is 39.7 Å². The van der Waals surface area contributed by atoms with Crippen LogP contribution in [-0.4, -0.2) is 23.7 Å². The van der Waals surface area contributed by atoms with Crippen molar-refractivity contribution in [3.8, 4) is 0 Å². The van der Waals surface area contributed by atoms with Gasteiger partial charge in [-0.3, -0.25) is 0 Å². The molecule has 0 heterocycles. The van der Waals surface area contributed by atoms with Gasteiger partial charge in [0.05, 0.1) is 17.7 Å². The molecule has 0 spiro atoms. The molecule has 0 saturated heterocycles. The normalized spacial score (nSPS) is 10.8. The lowest BCUT2D eigenvalue weighted by Gasteiger charge is -2.14. The van der Waals surface area contributed by atoms with Gasteiger partial charge < -0.3 is 9.84 Å². The molecule has 1 aromatic carbocycles. The first kappa shape index (κ1) is 19.2. The Morgan fingerprint density at radius 1 is 1.22 bits per heavy atom. The number of esters is 1. The van der Waals surface area contributed by atoms with Crippen LogP contribution in [0.25, 0.3) is 0 Å². The standard InChI is InChI=1S/C19H28O4/c1-5-6-12-23-19(22)16-11-10-15(9-7-8-13(2)3)14(4)17(16)18(20)21/h10-11,13H,5-9,12H2,1-4H3,(H,20,21). The molecule has 23 heavy (non-hydrogen) atoms. The summed E-state index contributed by atoms with van der Waals surface area (Å²) in [5.41, 5.74) is 1.90. The van der Waals surface area contributed by atoms with Crippen LogP contribution in [0.3, 0.4) is 0 Å². The number of unbranched alkanes of at least 4 members (excludes halogenated alkanes) is 1. The highest BCUT2D eigenvalue weighted by atomic mass is 16.5. The van der Waals surface area contributed by atoms with Crippen molar-refractivity contribution in [2.75, 3.05) is 6.61 Å². The van der Waals surface area contributed by atoms with E-state index >= 15 is 0 Å². The van der Waals surface area contributed by atoms with Gasteiger partial charge >= 0.3 is 11.9 Å². The third-order valence-electron chi connectivity index (χ3n) is 3.97. The van der Waals surface area contributed by atoms with Crippen LogP contribution in [0, 0.1) is 12.8 Å². The number of benzene rings is 1. The number of ether oxygens (including phenoxy) is 1. The van der Waals surface area contributed by atoms with Crippen molar-refractivity contribution in [3.63, 3.8) is 0 Å². The van der Waals surface area contributed by atoms with Crippen LogP contribution in [0.2, 0.25) is 0 Å². The Morgan fingerprint density at radius 2 is 1.91 bits per heavy atom. The molecule has 0 bridgehead atoms. The fourth-order valence-electron chi connectivity index (χ4n) is 2.56. The monoisotopic (exact) mass is 320 g/mol. The number of hydrogen-bond donors (Lipinski definition) is 1. The summed E-state index contributed by atoms with van der Waals surface area (Å²) in [6.07, 6.45) is 4.64. The Bertz CT molecular complexity index is 547. The maximum atomic E-state index is 12.1. The zero-order valence-electron chi connectivity index (χ0n) is 14.6. The number of carbonyl (C=O) groups excluding carboxylic acids is 1. The van der Waals surface area contributed by atoms with E-state index in [4.69, 9.17) is 4.74 Å². The number of carboxylic acids is 1. The molecule has 1 rings (SSSR count). The minimum absolute atomic E-state index is 0.0774. The quantitative estimate of drug-likeness (QED) is 0.532. The Morgan fingerprint density at radius 3 is 2.48 bits per heavy atom. The van der Waals surface area contributed by atoms with E-state index in [1.54, 1.807) is 13.0 Å². The number of rotatable bonds is 9. The first-order valence-corrected chi connectivity index (χ1v) is 8.41. The summed E-state index contributed by atoms with van der Waals surface area (Å²) in [4.78, 5) is 23.7. The van der Waals surface area contributed by atoms with Crippen molar-refractivity contribution in [1.29, 1.82) is 0 Å². The molecule has 0 radical (unpaired) electrons. The van der Waals surface area contributed by atoms with Gasteiger partial charge in [0, 0.05) is 0 Å². The summed E-state index contributed by atoms with van der Waals surface area (Å²) in [6, 6.07) is 3.45. The molecule has 4 nitrogen and oxygen atoms in total. The van der Waals surface area contributed by atoms with Gasteiger partial charge in [-0.25, -0.2) is 9.59 Å². The number of hydrogen-bond acceptors (Lipinski definition) is 3. The minimum Gasteiger partial charge on any atom is -0.478 e. The fraction of sp³-hybridized carbons (Fsp3) is 0.579. The van der Waals surface area contributed by atoms with E-state index in [1.165, 1.54) is 0 Å². The van der Waals surface area contributed by atoms with Gasteiger partial charge in [0.2, 0.25) is 0 Å². The van der Waals surface area contributed by atoms with Crippen molar-refractivity contribution in [2.45, 2.75) is 59.8 Å². The highest BCUT2D eigenvalue weighted by molar-refractivity contribution is 6.03. The van der Waals surface area contributed by atoms with Crippen LogP contribution in [0.15, 0.2) is 12.1 Å².